The van der Waals surface area contributed by atoms with Crippen molar-refractivity contribution in [1.29, 1.82) is 0 Å². The number of nitrogens with one attached hydrogen (secondary N) is 1. The van der Waals surface area contributed by atoms with Gasteiger partial charge in [-0.25, -0.2) is 17.2 Å². The average molecular weight is 277 g/mol. The predicted molar refractivity (Wildman–Crippen MR) is 67.2 cm³/mol. The van der Waals surface area contributed by atoms with E-state index in [0.29, 0.717) is 5.56 Å². The van der Waals surface area contributed by atoms with Crippen molar-refractivity contribution in [2.75, 3.05) is 13.3 Å². The Hall–Kier alpha value is -1.01. The fourth-order valence-electron chi connectivity index (χ4n) is 1.73. The van der Waals surface area contributed by atoms with Gasteiger partial charge < -0.3 is 5.32 Å². The van der Waals surface area contributed by atoms with E-state index in [0.717, 1.165) is 18.4 Å². The quantitative estimate of drug-likeness (QED) is 0.888. The summed E-state index contributed by atoms with van der Waals surface area (Å²) in [5, 5.41) is 2.21. The number of rotatable bonds is 5. The molecule has 0 bridgehead atoms. The summed E-state index contributed by atoms with van der Waals surface area (Å²) in [6.45, 7) is 1.57. The Morgan fingerprint density at radius 3 is 2.39 bits per heavy atom. The fourth-order valence-corrected chi connectivity index (χ4v) is 2.55. The number of sulfone groups is 1. The first-order valence-corrected chi connectivity index (χ1v) is 7.51. The number of hydrogen-bond donors (Lipinski definition) is 1. The van der Waals surface area contributed by atoms with Gasteiger partial charge in [0.1, 0.15) is 11.6 Å². The van der Waals surface area contributed by atoms with Gasteiger partial charge in [0.05, 0.1) is 5.25 Å². The second-order valence-electron chi connectivity index (χ2n) is 4.37. The summed E-state index contributed by atoms with van der Waals surface area (Å²) in [5.74, 6) is -1.30. The number of benzene rings is 1. The highest BCUT2D eigenvalue weighted by atomic mass is 32.2. The summed E-state index contributed by atoms with van der Waals surface area (Å²) in [7, 11) is -1.60. The maximum absolute atomic E-state index is 13.5. The summed E-state index contributed by atoms with van der Waals surface area (Å²) in [5.41, 5.74) is 0.297. The van der Waals surface area contributed by atoms with Gasteiger partial charge in [0.15, 0.2) is 9.84 Å². The normalized spacial score (nSPS) is 15.4. The van der Waals surface area contributed by atoms with Crippen LogP contribution in [0.1, 0.15) is 12.5 Å². The SMILES string of the molecule is CNC(Cc1ccc(F)cc1F)C(C)S(C)(=O)=O. The van der Waals surface area contributed by atoms with E-state index in [4.69, 9.17) is 0 Å². The van der Waals surface area contributed by atoms with Gasteiger partial charge >= 0.3 is 0 Å². The largest absolute Gasteiger partial charge is 0.315 e. The summed E-state index contributed by atoms with van der Waals surface area (Å²) in [6, 6.07) is 2.88. The molecule has 0 saturated heterocycles. The third-order valence-electron chi connectivity index (χ3n) is 3.07. The smallest absolute Gasteiger partial charge is 0.151 e. The van der Waals surface area contributed by atoms with Crippen LogP contribution in [0.15, 0.2) is 18.2 Å². The van der Waals surface area contributed by atoms with Crippen LogP contribution in [0.4, 0.5) is 8.78 Å². The maximum Gasteiger partial charge on any atom is 0.151 e. The molecule has 1 N–H and O–H groups in total. The lowest BCUT2D eigenvalue weighted by Crippen LogP contribution is -2.42. The topological polar surface area (TPSA) is 46.2 Å². The van der Waals surface area contributed by atoms with Crippen molar-refractivity contribution in [3.8, 4) is 0 Å². The molecule has 102 valence electrons. The Kier molecular flexibility index (Phi) is 4.81. The minimum atomic E-state index is -3.21. The summed E-state index contributed by atoms with van der Waals surface area (Å²) >= 11 is 0. The Labute approximate surface area is 106 Å². The van der Waals surface area contributed by atoms with Gasteiger partial charge in [0, 0.05) is 18.4 Å². The molecule has 2 atom stereocenters. The van der Waals surface area contributed by atoms with E-state index in [9.17, 15) is 17.2 Å². The molecule has 0 spiro atoms. The van der Waals surface area contributed by atoms with Crippen LogP contribution in [0.25, 0.3) is 0 Å². The molecule has 0 aromatic heterocycles. The standard InChI is InChI=1S/C12H17F2NO2S/c1-8(18(3,16)17)12(15-2)6-9-4-5-10(13)7-11(9)14/h4-5,7-8,12,15H,6H2,1-3H3. The molecule has 0 heterocycles. The molecule has 0 aliphatic rings. The van der Waals surface area contributed by atoms with Crippen molar-refractivity contribution in [2.45, 2.75) is 24.6 Å². The minimum Gasteiger partial charge on any atom is -0.315 e. The first-order valence-electron chi connectivity index (χ1n) is 5.55. The maximum atomic E-state index is 13.5. The third-order valence-corrected chi connectivity index (χ3v) is 4.75. The van der Waals surface area contributed by atoms with Crippen LogP contribution in [-0.2, 0) is 16.3 Å². The second-order valence-corrected chi connectivity index (χ2v) is 6.77. The van der Waals surface area contributed by atoms with Crippen molar-refractivity contribution in [3.63, 3.8) is 0 Å². The van der Waals surface area contributed by atoms with Gasteiger partial charge in [0.2, 0.25) is 0 Å². The molecule has 1 rings (SSSR count). The predicted octanol–water partition coefficient (Wildman–Crippen LogP) is 1.53. The first kappa shape index (κ1) is 15.0. The van der Waals surface area contributed by atoms with Crippen molar-refractivity contribution < 1.29 is 17.2 Å². The van der Waals surface area contributed by atoms with Crippen LogP contribution in [0.2, 0.25) is 0 Å². The Morgan fingerprint density at radius 1 is 1.33 bits per heavy atom. The first-order chi connectivity index (χ1) is 8.25. The van der Waals surface area contributed by atoms with E-state index >= 15 is 0 Å². The molecule has 0 aliphatic carbocycles. The molecule has 6 heteroatoms. The fraction of sp³-hybridized carbons (Fsp3) is 0.500. The molecule has 18 heavy (non-hydrogen) atoms. The van der Waals surface area contributed by atoms with Crippen LogP contribution < -0.4 is 5.32 Å². The van der Waals surface area contributed by atoms with Gasteiger partial charge in [-0.3, -0.25) is 0 Å². The molecule has 2 unspecified atom stereocenters. The Morgan fingerprint density at radius 2 is 1.94 bits per heavy atom. The van der Waals surface area contributed by atoms with E-state index in [-0.39, 0.29) is 6.42 Å². The molecule has 0 fully saturated rings. The monoisotopic (exact) mass is 277 g/mol. The van der Waals surface area contributed by atoms with Gasteiger partial charge in [-0.15, -0.1) is 0 Å². The van der Waals surface area contributed by atoms with E-state index in [1.165, 1.54) is 6.07 Å². The molecular formula is C12H17F2NO2S. The van der Waals surface area contributed by atoms with Gasteiger partial charge in [-0.05, 0) is 32.0 Å². The zero-order chi connectivity index (χ0) is 13.9. The highest BCUT2D eigenvalue weighted by Crippen LogP contribution is 2.15. The average Bonchev–Trinajstić information content (AvgIpc) is 2.26. The van der Waals surface area contributed by atoms with Gasteiger partial charge in [-0.1, -0.05) is 6.07 Å². The molecule has 1 aromatic rings. The Bertz CT molecular complexity index is 517. The molecule has 1 aromatic carbocycles. The molecule has 0 aliphatic heterocycles. The van der Waals surface area contributed by atoms with Crippen LogP contribution in [0, 0.1) is 11.6 Å². The van der Waals surface area contributed by atoms with E-state index in [2.05, 4.69) is 5.32 Å². The van der Waals surface area contributed by atoms with Crippen molar-refractivity contribution >= 4 is 9.84 Å². The van der Waals surface area contributed by atoms with Crippen LogP contribution in [-0.4, -0.2) is 33.0 Å². The lowest BCUT2D eigenvalue weighted by atomic mass is 10.0. The summed E-state index contributed by atoms with van der Waals surface area (Å²) in [6.07, 6.45) is 1.33. The van der Waals surface area contributed by atoms with Crippen LogP contribution >= 0.6 is 0 Å². The van der Waals surface area contributed by atoms with Crippen LogP contribution in [0.3, 0.4) is 0 Å². The highest BCUT2D eigenvalue weighted by Gasteiger charge is 2.25. The van der Waals surface area contributed by atoms with Crippen LogP contribution in [0.5, 0.6) is 0 Å². The zero-order valence-corrected chi connectivity index (χ0v) is 11.4. The highest BCUT2D eigenvalue weighted by molar-refractivity contribution is 7.91. The molecular weight excluding hydrogens is 260 g/mol. The van der Waals surface area contributed by atoms with Crippen molar-refractivity contribution in [3.05, 3.63) is 35.4 Å². The summed E-state index contributed by atoms with van der Waals surface area (Å²) < 4.78 is 49.2. The lowest BCUT2D eigenvalue weighted by molar-refractivity contribution is 0.501. The molecule has 0 saturated carbocycles. The molecule has 0 radical (unpaired) electrons. The van der Waals surface area contributed by atoms with Crippen molar-refractivity contribution in [1.82, 2.24) is 5.32 Å². The Balaban J connectivity index is 2.93. The molecule has 3 nitrogen and oxygen atoms in total. The zero-order valence-electron chi connectivity index (χ0n) is 10.6. The minimum absolute atomic E-state index is 0.191. The van der Waals surface area contributed by atoms with E-state index in [1.807, 2.05) is 0 Å². The number of halogens is 2. The number of hydrogen-bond acceptors (Lipinski definition) is 3. The van der Waals surface area contributed by atoms with Gasteiger partial charge in [0.25, 0.3) is 0 Å². The lowest BCUT2D eigenvalue weighted by Gasteiger charge is -2.22. The number of likely N-dealkylation sites (N-methyl/N-ethyl adjacent to an activating group) is 1. The van der Waals surface area contributed by atoms with E-state index < -0.39 is 32.8 Å². The second kappa shape index (κ2) is 5.75. The molecule has 0 amide bonds. The third kappa shape index (κ3) is 3.74. The van der Waals surface area contributed by atoms with Gasteiger partial charge in [-0.2, -0.15) is 0 Å². The van der Waals surface area contributed by atoms with Crippen molar-refractivity contribution in [2.24, 2.45) is 0 Å². The summed E-state index contributed by atoms with van der Waals surface area (Å²) in [4.78, 5) is 0. The van der Waals surface area contributed by atoms with E-state index in [1.54, 1.807) is 14.0 Å².